The monoisotopic (exact) mass is 425 g/mol. The Kier molecular flexibility index (Phi) is 4.90. The minimum atomic E-state index is -0.479. The van der Waals surface area contributed by atoms with Crippen molar-refractivity contribution in [1.29, 1.82) is 0 Å². The molecule has 2 heterocycles. The molecule has 1 atom stereocenters. The fourth-order valence-corrected chi connectivity index (χ4v) is 4.35. The average Bonchev–Trinajstić information content (AvgIpc) is 3.24. The molecule has 0 radical (unpaired) electrons. The Bertz CT molecular complexity index is 1430. The van der Waals surface area contributed by atoms with Gasteiger partial charge in [-0.2, -0.15) is 5.10 Å². The van der Waals surface area contributed by atoms with Crippen molar-refractivity contribution in [3.63, 3.8) is 0 Å². The summed E-state index contributed by atoms with van der Waals surface area (Å²) in [6.07, 6.45) is 0.310. The molecule has 1 N–H and O–H groups in total. The van der Waals surface area contributed by atoms with Gasteiger partial charge < -0.3 is 4.98 Å². The number of H-pyrrole nitrogens is 1. The largest absolute Gasteiger partial charge is 0.321 e. The smallest absolute Gasteiger partial charge is 0.258 e. The summed E-state index contributed by atoms with van der Waals surface area (Å²) in [4.78, 5) is 28.6. The number of aromatic amines is 1. The van der Waals surface area contributed by atoms with Gasteiger partial charge in [0, 0.05) is 29.8 Å². The lowest BCUT2D eigenvalue weighted by molar-refractivity contribution is -0.130. The Morgan fingerprint density at radius 3 is 2.50 bits per heavy atom. The molecule has 158 valence electrons. The lowest BCUT2D eigenvalue weighted by Crippen LogP contribution is -2.24. The molecule has 0 bridgehead atoms. The van der Waals surface area contributed by atoms with E-state index < -0.39 is 6.04 Å². The van der Waals surface area contributed by atoms with Gasteiger partial charge in [0.25, 0.3) is 5.56 Å². The van der Waals surface area contributed by atoms with E-state index in [0.29, 0.717) is 23.3 Å². The van der Waals surface area contributed by atoms with Gasteiger partial charge in [-0.05, 0) is 29.3 Å². The Hall–Kier alpha value is -4.06. The van der Waals surface area contributed by atoms with Gasteiger partial charge in [-0.1, -0.05) is 60.7 Å². The summed E-state index contributed by atoms with van der Waals surface area (Å²) < 4.78 is 13.9. The predicted octanol–water partition coefficient (Wildman–Crippen LogP) is 5.03. The third kappa shape index (κ3) is 3.39. The van der Waals surface area contributed by atoms with Crippen LogP contribution in [0.25, 0.3) is 22.0 Å². The van der Waals surface area contributed by atoms with Crippen LogP contribution in [0.1, 0.15) is 30.5 Å². The van der Waals surface area contributed by atoms with Crippen LogP contribution in [0.4, 0.5) is 4.39 Å². The van der Waals surface area contributed by atoms with Crippen LogP contribution in [0.5, 0.6) is 0 Å². The van der Waals surface area contributed by atoms with Crippen LogP contribution in [0.2, 0.25) is 0 Å². The number of benzene rings is 3. The van der Waals surface area contributed by atoms with Gasteiger partial charge in [0.1, 0.15) is 5.82 Å². The number of halogens is 1. The first-order valence-corrected chi connectivity index (χ1v) is 10.4. The second-order valence-corrected chi connectivity index (χ2v) is 7.80. The van der Waals surface area contributed by atoms with Gasteiger partial charge in [-0.25, -0.2) is 9.40 Å². The number of para-hydroxylation sites is 1. The van der Waals surface area contributed by atoms with Crippen molar-refractivity contribution in [2.45, 2.75) is 19.4 Å². The van der Waals surface area contributed by atoms with Crippen molar-refractivity contribution in [3.05, 3.63) is 106 Å². The maximum absolute atomic E-state index is 13.9. The maximum Gasteiger partial charge on any atom is 0.258 e. The van der Waals surface area contributed by atoms with E-state index in [-0.39, 0.29) is 17.3 Å². The van der Waals surface area contributed by atoms with Crippen molar-refractivity contribution < 1.29 is 9.18 Å². The number of rotatable bonds is 3. The normalized spacial score (nSPS) is 15.8. The zero-order valence-electron chi connectivity index (χ0n) is 17.4. The Morgan fingerprint density at radius 1 is 1.00 bits per heavy atom. The molecule has 0 fully saturated rings. The molecule has 0 aliphatic carbocycles. The first-order valence-electron chi connectivity index (χ1n) is 10.4. The second kappa shape index (κ2) is 7.89. The zero-order valence-corrected chi connectivity index (χ0v) is 17.4. The van der Waals surface area contributed by atoms with Crippen LogP contribution in [0.3, 0.4) is 0 Å². The van der Waals surface area contributed by atoms with Crippen molar-refractivity contribution >= 4 is 22.5 Å². The molecule has 3 aromatic carbocycles. The average molecular weight is 425 g/mol. The van der Waals surface area contributed by atoms with Gasteiger partial charge >= 0.3 is 0 Å². The third-order valence-corrected chi connectivity index (χ3v) is 5.74. The highest BCUT2D eigenvalue weighted by molar-refractivity contribution is 6.12. The predicted molar refractivity (Wildman–Crippen MR) is 123 cm³/mol. The number of nitrogens with one attached hydrogen (secondary N) is 1. The van der Waals surface area contributed by atoms with E-state index in [4.69, 9.17) is 0 Å². The molecule has 5 nitrogen and oxygen atoms in total. The van der Waals surface area contributed by atoms with E-state index in [1.165, 1.54) is 24.1 Å². The quantitative estimate of drug-likeness (QED) is 0.500. The lowest BCUT2D eigenvalue weighted by atomic mass is 9.91. The number of aromatic nitrogens is 1. The van der Waals surface area contributed by atoms with Crippen molar-refractivity contribution in [2.24, 2.45) is 5.10 Å². The van der Waals surface area contributed by atoms with Crippen LogP contribution >= 0.6 is 0 Å². The first kappa shape index (κ1) is 19.9. The van der Waals surface area contributed by atoms with Gasteiger partial charge in [0.15, 0.2) is 0 Å². The fourth-order valence-electron chi connectivity index (χ4n) is 4.35. The minimum Gasteiger partial charge on any atom is -0.321 e. The van der Waals surface area contributed by atoms with E-state index in [2.05, 4.69) is 10.1 Å². The molecule has 4 aromatic rings. The minimum absolute atomic E-state index is 0.271. The third-order valence-electron chi connectivity index (χ3n) is 5.74. The fraction of sp³-hybridized carbons (Fsp3) is 0.115. The molecule has 0 spiro atoms. The second-order valence-electron chi connectivity index (χ2n) is 7.80. The van der Waals surface area contributed by atoms with Gasteiger partial charge in [0.05, 0.1) is 17.3 Å². The van der Waals surface area contributed by atoms with Crippen molar-refractivity contribution in [2.75, 3.05) is 0 Å². The molecule has 0 saturated carbocycles. The number of pyridine rings is 1. The summed E-state index contributed by atoms with van der Waals surface area (Å²) in [5.74, 6) is -0.652. The van der Waals surface area contributed by atoms with Crippen LogP contribution in [0.15, 0.2) is 88.8 Å². The molecule has 32 heavy (non-hydrogen) atoms. The topological polar surface area (TPSA) is 65.5 Å². The molecule has 1 amide bonds. The van der Waals surface area contributed by atoms with E-state index in [1.807, 2.05) is 54.6 Å². The summed E-state index contributed by atoms with van der Waals surface area (Å²) in [7, 11) is 0. The van der Waals surface area contributed by atoms with Crippen molar-refractivity contribution in [1.82, 2.24) is 9.99 Å². The molecular weight excluding hydrogens is 405 g/mol. The van der Waals surface area contributed by atoms with Gasteiger partial charge in [-0.3, -0.25) is 9.59 Å². The van der Waals surface area contributed by atoms with E-state index in [1.54, 1.807) is 12.1 Å². The van der Waals surface area contributed by atoms with Crippen LogP contribution < -0.4 is 5.56 Å². The molecule has 5 rings (SSSR count). The Labute approximate surface area is 183 Å². The van der Waals surface area contributed by atoms with E-state index in [9.17, 15) is 14.0 Å². The number of carbonyl (C=O) groups is 1. The van der Waals surface area contributed by atoms with Crippen LogP contribution in [-0.4, -0.2) is 21.6 Å². The molecular formula is C26H20FN3O2. The number of amides is 1. The summed E-state index contributed by atoms with van der Waals surface area (Å²) in [6.45, 7) is 1.42. The van der Waals surface area contributed by atoms with Crippen LogP contribution in [-0.2, 0) is 4.79 Å². The molecule has 1 aromatic heterocycles. The first-order chi connectivity index (χ1) is 15.5. The maximum atomic E-state index is 13.9. The highest BCUT2D eigenvalue weighted by Gasteiger charge is 2.34. The number of hydrogen-bond acceptors (Lipinski definition) is 3. The van der Waals surface area contributed by atoms with Crippen LogP contribution in [0, 0.1) is 5.82 Å². The number of hydrazone groups is 1. The Balaban J connectivity index is 1.73. The number of hydrogen-bond donors (Lipinski definition) is 1. The van der Waals surface area contributed by atoms with E-state index in [0.717, 1.165) is 22.0 Å². The van der Waals surface area contributed by atoms with Gasteiger partial charge in [0.2, 0.25) is 5.91 Å². The van der Waals surface area contributed by atoms with E-state index >= 15 is 0 Å². The molecule has 6 heteroatoms. The Morgan fingerprint density at radius 2 is 1.75 bits per heavy atom. The summed E-state index contributed by atoms with van der Waals surface area (Å²) in [6, 6.07) is 22.9. The molecule has 1 aliphatic rings. The summed E-state index contributed by atoms with van der Waals surface area (Å²) >= 11 is 0. The SMILES string of the molecule is CC(=O)N1N=C(c2c(-c3ccccc3)c3ccccc3[nH]c2=O)C[C@H]1c1cccc(F)c1. The lowest BCUT2D eigenvalue weighted by Gasteiger charge is -2.20. The summed E-state index contributed by atoms with van der Waals surface area (Å²) in [5.41, 5.74) is 3.68. The zero-order chi connectivity index (χ0) is 22.2. The highest BCUT2D eigenvalue weighted by atomic mass is 19.1. The number of fused-ring (bicyclic) bond motifs is 1. The molecule has 0 saturated heterocycles. The highest BCUT2D eigenvalue weighted by Crippen LogP contribution is 2.36. The van der Waals surface area contributed by atoms with Crippen molar-refractivity contribution in [3.8, 4) is 11.1 Å². The molecule has 0 unspecified atom stereocenters. The summed E-state index contributed by atoms with van der Waals surface area (Å²) in [5, 5.41) is 6.79. The van der Waals surface area contributed by atoms with Gasteiger partial charge in [-0.15, -0.1) is 0 Å². The molecule has 1 aliphatic heterocycles. The number of nitrogens with zero attached hydrogens (tertiary/aromatic N) is 2. The standard InChI is InChI=1S/C26H20FN3O2/c1-16(31)30-23(18-10-7-11-19(27)14-18)15-22(29-30)25-24(17-8-3-2-4-9-17)20-12-5-6-13-21(20)28-26(25)32/h2-14,23H,15H2,1H3,(H,28,32)/t23-/m0/s1. The number of carbonyl (C=O) groups excluding carboxylic acids is 1.